The normalized spacial score (nSPS) is 9.80. The topological polar surface area (TPSA) is 69.4 Å². The van der Waals surface area contributed by atoms with Crippen LogP contribution in [0.2, 0.25) is 0 Å². The van der Waals surface area contributed by atoms with Crippen molar-refractivity contribution in [1.82, 2.24) is 0 Å². The van der Waals surface area contributed by atoms with Crippen LogP contribution in [0.3, 0.4) is 0 Å². The Labute approximate surface area is 84.6 Å². The molecule has 0 atom stereocenters. The molecule has 5 nitrogen and oxygen atoms in total. The quantitative estimate of drug-likeness (QED) is 0.427. The van der Waals surface area contributed by atoms with Crippen molar-refractivity contribution in [1.29, 1.82) is 0 Å². The van der Waals surface area contributed by atoms with Crippen molar-refractivity contribution in [2.75, 3.05) is 7.11 Å². The van der Waals surface area contributed by atoms with Crippen LogP contribution in [-0.2, 0) is 4.74 Å². The van der Waals surface area contributed by atoms with Crippen molar-refractivity contribution in [3.63, 3.8) is 0 Å². The number of carbonyl (C=O) groups is 1. The molecule has 15 heavy (non-hydrogen) atoms. The van der Waals surface area contributed by atoms with E-state index in [0.29, 0.717) is 6.07 Å². The number of rotatable bonds is 2. The monoisotopic (exact) mass is 213 g/mol. The van der Waals surface area contributed by atoms with Gasteiger partial charge in [0, 0.05) is 0 Å². The van der Waals surface area contributed by atoms with E-state index in [-0.39, 0.29) is 11.1 Å². The zero-order valence-corrected chi connectivity index (χ0v) is 8.11. The summed E-state index contributed by atoms with van der Waals surface area (Å²) in [6.45, 7) is 1.41. The largest absolute Gasteiger partial charge is 0.465 e. The lowest BCUT2D eigenvalue weighted by molar-refractivity contribution is -0.385. The highest BCUT2D eigenvalue weighted by Gasteiger charge is 2.22. The van der Waals surface area contributed by atoms with Gasteiger partial charge in [-0.15, -0.1) is 0 Å². The Balaban J connectivity index is 3.41. The third kappa shape index (κ3) is 2.09. The number of hydrogen-bond acceptors (Lipinski definition) is 4. The lowest BCUT2D eigenvalue weighted by Gasteiger charge is -2.03. The molecule has 0 radical (unpaired) electrons. The van der Waals surface area contributed by atoms with Crippen molar-refractivity contribution in [2.45, 2.75) is 6.92 Å². The van der Waals surface area contributed by atoms with Crippen LogP contribution in [0.15, 0.2) is 12.1 Å². The van der Waals surface area contributed by atoms with E-state index in [1.54, 1.807) is 0 Å². The van der Waals surface area contributed by atoms with Crippen LogP contribution in [-0.4, -0.2) is 18.0 Å². The number of hydrogen-bond donors (Lipinski definition) is 0. The molecule has 80 valence electrons. The first kappa shape index (κ1) is 11.1. The van der Waals surface area contributed by atoms with Gasteiger partial charge in [-0.05, 0) is 18.6 Å². The number of aryl methyl sites for hydroxylation is 1. The fraction of sp³-hybridized carbons (Fsp3) is 0.222. The second kappa shape index (κ2) is 4.04. The SMILES string of the molecule is COC(=O)c1cc(C)c(F)cc1[N+](=O)[O-]. The number of halogens is 1. The van der Waals surface area contributed by atoms with Crippen molar-refractivity contribution >= 4 is 11.7 Å². The molecule has 0 fully saturated rings. The average molecular weight is 213 g/mol. The molecule has 0 saturated carbocycles. The zero-order chi connectivity index (χ0) is 11.6. The molecule has 0 saturated heterocycles. The third-order valence-electron chi connectivity index (χ3n) is 1.88. The van der Waals surface area contributed by atoms with Gasteiger partial charge in [0.25, 0.3) is 5.69 Å². The van der Waals surface area contributed by atoms with Crippen LogP contribution >= 0.6 is 0 Å². The molecule has 0 bridgehead atoms. The van der Waals surface area contributed by atoms with Gasteiger partial charge in [-0.1, -0.05) is 0 Å². The Kier molecular flexibility index (Phi) is 2.99. The Morgan fingerprint density at radius 3 is 2.60 bits per heavy atom. The van der Waals surface area contributed by atoms with E-state index in [2.05, 4.69) is 4.74 Å². The van der Waals surface area contributed by atoms with Crippen LogP contribution in [0.1, 0.15) is 15.9 Å². The summed E-state index contributed by atoms with van der Waals surface area (Å²) in [4.78, 5) is 20.9. The van der Waals surface area contributed by atoms with E-state index in [1.807, 2.05) is 0 Å². The number of esters is 1. The Hall–Kier alpha value is -1.98. The van der Waals surface area contributed by atoms with Gasteiger partial charge in [0.05, 0.1) is 18.1 Å². The van der Waals surface area contributed by atoms with Crippen molar-refractivity contribution in [2.24, 2.45) is 0 Å². The second-order valence-electron chi connectivity index (χ2n) is 2.87. The van der Waals surface area contributed by atoms with Gasteiger partial charge in [-0.2, -0.15) is 0 Å². The molecule has 1 aromatic carbocycles. The fourth-order valence-electron chi connectivity index (χ4n) is 1.10. The van der Waals surface area contributed by atoms with E-state index in [4.69, 9.17) is 0 Å². The first-order valence-electron chi connectivity index (χ1n) is 4.00. The number of methoxy groups -OCH3 is 1. The molecule has 0 unspecified atom stereocenters. The Morgan fingerprint density at radius 1 is 1.53 bits per heavy atom. The molecule has 0 spiro atoms. The number of carbonyl (C=O) groups excluding carboxylic acids is 1. The minimum Gasteiger partial charge on any atom is -0.465 e. The lowest BCUT2D eigenvalue weighted by atomic mass is 10.1. The third-order valence-corrected chi connectivity index (χ3v) is 1.88. The maximum atomic E-state index is 13.0. The van der Waals surface area contributed by atoms with Crippen molar-refractivity contribution in [3.8, 4) is 0 Å². The highest BCUT2D eigenvalue weighted by atomic mass is 19.1. The minimum absolute atomic E-state index is 0.154. The maximum absolute atomic E-state index is 13.0. The molecule has 0 aliphatic carbocycles. The molecular formula is C9H8FNO4. The molecule has 0 aromatic heterocycles. The van der Waals surface area contributed by atoms with Crippen molar-refractivity contribution in [3.05, 3.63) is 39.2 Å². The van der Waals surface area contributed by atoms with Gasteiger partial charge in [0.15, 0.2) is 0 Å². The Bertz CT molecular complexity index is 430. The predicted molar refractivity (Wildman–Crippen MR) is 49.1 cm³/mol. The molecular weight excluding hydrogens is 205 g/mol. The molecule has 1 aromatic rings. The fourth-order valence-corrected chi connectivity index (χ4v) is 1.10. The van der Waals surface area contributed by atoms with Crippen LogP contribution in [0, 0.1) is 22.9 Å². The molecule has 0 aliphatic rings. The predicted octanol–water partition coefficient (Wildman–Crippen LogP) is 1.83. The summed E-state index contributed by atoms with van der Waals surface area (Å²) in [5.41, 5.74) is -0.688. The van der Waals surface area contributed by atoms with Gasteiger partial charge >= 0.3 is 5.97 Å². The van der Waals surface area contributed by atoms with E-state index in [9.17, 15) is 19.3 Å². The van der Waals surface area contributed by atoms with Crippen LogP contribution in [0.5, 0.6) is 0 Å². The highest BCUT2D eigenvalue weighted by Crippen LogP contribution is 2.23. The second-order valence-corrected chi connectivity index (χ2v) is 2.87. The van der Waals surface area contributed by atoms with Crippen LogP contribution < -0.4 is 0 Å². The summed E-state index contributed by atoms with van der Waals surface area (Å²) in [5, 5.41) is 10.5. The summed E-state index contributed by atoms with van der Waals surface area (Å²) in [6.07, 6.45) is 0. The average Bonchev–Trinajstić information content (AvgIpc) is 2.20. The van der Waals surface area contributed by atoms with Crippen LogP contribution in [0.25, 0.3) is 0 Å². The summed E-state index contributed by atoms with van der Waals surface area (Å²) < 4.78 is 17.4. The van der Waals surface area contributed by atoms with E-state index in [0.717, 1.165) is 13.2 Å². The standard InChI is InChI=1S/C9H8FNO4/c1-5-3-6(9(12)15-2)8(11(13)14)4-7(5)10/h3-4H,1-2H3. The first-order chi connectivity index (χ1) is 6.97. The summed E-state index contributed by atoms with van der Waals surface area (Å²) in [7, 11) is 1.10. The summed E-state index contributed by atoms with van der Waals surface area (Å²) in [6, 6.07) is 1.81. The number of nitrogens with zero attached hydrogens (tertiary/aromatic N) is 1. The van der Waals surface area contributed by atoms with Gasteiger partial charge < -0.3 is 4.74 Å². The van der Waals surface area contributed by atoms with Gasteiger partial charge in [0.2, 0.25) is 0 Å². The molecule has 0 N–H and O–H groups in total. The van der Waals surface area contributed by atoms with E-state index >= 15 is 0 Å². The van der Waals surface area contributed by atoms with E-state index in [1.165, 1.54) is 6.92 Å². The minimum atomic E-state index is -0.857. The van der Waals surface area contributed by atoms with Gasteiger partial charge in [-0.25, -0.2) is 9.18 Å². The zero-order valence-electron chi connectivity index (χ0n) is 8.11. The molecule has 0 heterocycles. The maximum Gasteiger partial charge on any atom is 0.344 e. The number of ether oxygens (including phenoxy) is 1. The van der Waals surface area contributed by atoms with Crippen LogP contribution in [0.4, 0.5) is 10.1 Å². The molecule has 1 rings (SSSR count). The molecule has 0 amide bonds. The first-order valence-corrected chi connectivity index (χ1v) is 4.00. The molecule has 0 aliphatic heterocycles. The lowest BCUT2D eigenvalue weighted by Crippen LogP contribution is -2.07. The van der Waals surface area contributed by atoms with Gasteiger partial charge in [-0.3, -0.25) is 10.1 Å². The van der Waals surface area contributed by atoms with E-state index < -0.39 is 22.4 Å². The van der Waals surface area contributed by atoms with Crippen molar-refractivity contribution < 1.29 is 18.8 Å². The van der Waals surface area contributed by atoms with Gasteiger partial charge in [0.1, 0.15) is 11.4 Å². The highest BCUT2D eigenvalue weighted by molar-refractivity contribution is 5.94. The number of nitro groups is 1. The smallest absolute Gasteiger partial charge is 0.344 e. The number of nitro benzene ring substituents is 1. The summed E-state index contributed by atoms with van der Waals surface area (Å²) in [5.74, 6) is -1.58. The Morgan fingerprint density at radius 2 is 2.13 bits per heavy atom. The summed E-state index contributed by atoms with van der Waals surface area (Å²) >= 11 is 0. The number of benzene rings is 1. The molecule has 6 heteroatoms.